The number of hydrogen-bond donors (Lipinski definition) is 2. The highest BCUT2D eigenvalue weighted by atomic mass is 32.1. The summed E-state index contributed by atoms with van der Waals surface area (Å²) in [6, 6.07) is 9.75. The minimum Gasteiger partial charge on any atom is -0.335 e. The van der Waals surface area contributed by atoms with Gasteiger partial charge in [0, 0.05) is 48.2 Å². The van der Waals surface area contributed by atoms with E-state index >= 15 is 0 Å². The molecule has 45 heavy (non-hydrogen) atoms. The first-order valence-corrected chi connectivity index (χ1v) is 18.5. The smallest absolute Gasteiger partial charge is 0.329 e. The number of fused-ring (bicyclic) bond motifs is 2. The third-order valence-corrected chi connectivity index (χ3v) is 12.3. The molecule has 0 radical (unpaired) electrons. The number of amides is 3. The average Bonchev–Trinajstić information content (AvgIpc) is 3.31. The van der Waals surface area contributed by atoms with Gasteiger partial charge in [-0.1, -0.05) is 25.0 Å². The highest BCUT2D eigenvalue weighted by molar-refractivity contribution is 7.50. The van der Waals surface area contributed by atoms with E-state index in [1.54, 1.807) is 42.4 Å². The Morgan fingerprint density at radius 1 is 1.11 bits per heavy atom. The molecule has 10 nitrogen and oxygen atoms in total. The zero-order valence-electron chi connectivity index (χ0n) is 25.4. The lowest BCUT2D eigenvalue weighted by Crippen LogP contribution is -2.57. The molecule has 12 heteroatoms. The summed E-state index contributed by atoms with van der Waals surface area (Å²) in [4.78, 5) is 71.5. The van der Waals surface area contributed by atoms with Gasteiger partial charge in [-0.2, -0.15) is 0 Å². The number of thiophene rings is 1. The van der Waals surface area contributed by atoms with E-state index in [0.29, 0.717) is 29.8 Å². The van der Waals surface area contributed by atoms with Crippen LogP contribution in [-0.4, -0.2) is 84.4 Å². The number of benzene rings is 1. The maximum Gasteiger partial charge on any atom is 0.329 e. The monoisotopic (exact) mass is 650 g/mol. The van der Waals surface area contributed by atoms with E-state index in [2.05, 4.69) is 16.0 Å². The first-order valence-electron chi connectivity index (χ1n) is 15.9. The zero-order valence-corrected chi connectivity index (χ0v) is 27.1. The fraction of sp³-hybridized carbons (Fsp3) is 0.515. The number of pyridine rings is 1. The maximum atomic E-state index is 14.4. The molecule has 5 heterocycles. The largest absolute Gasteiger partial charge is 0.335 e. The van der Waals surface area contributed by atoms with Gasteiger partial charge in [-0.25, -0.2) is 0 Å². The van der Waals surface area contributed by atoms with Crippen molar-refractivity contribution < 1.29 is 28.7 Å². The molecule has 1 aromatic carbocycles. The summed E-state index contributed by atoms with van der Waals surface area (Å²) in [7, 11) is -2.54. The van der Waals surface area contributed by atoms with E-state index < -0.39 is 19.7 Å². The Balaban J connectivity index is 1.11. The lowest BCUT2D eigenvalue weighted by Gasteiger charge is -2.39. The van der Waals surface area contributed by atoms with Crippen molar-refractivity contribution in [3.63, 3.8) is 0 Å². The Bertz CT molecular complexity index is 1690. The summed E-state index contributed by atoms with van der Waals surface area (Å²) in [5, 5.41) is 0.737. The van der Waals surface area contributed by atoms with Crippen LogP contribution >= 0.6 is 18.9 Å². The molecule has 2 aromatic heterocycles. The summed E-state index contributed by atoms with van der Waals surface area (Å²) >= 11 is 1.31. The molecule has 7 rings (SSSR count). The van der Waals surface area contributed by atoms with E-state index in [0.717, 1.165) is 60.6 Å². The number of carbonyl (C=O) groups excluding carboxylic acids is 3. The second-order valence-electron chi connectivity index (χ2n) is 13.4. The molecule has 238 valence electrons. The van der Waals surface area contributed by atoms with Gasteiger partial charge in [-0.05, 0) is 85.7 Å². The van der Waals surface area contributed by atoms with Crippen molar-refractivity contribution in [3.05, 3.63) is 64.8 Å². The summed E-state index contributed by atoms with van der Waals surface area (Å²) in [6.45, 7) is 0.650. The summed E-state index contributed by atoms with van der Waals surface area (Å²) in [6.07, 6.45) is 10.9. The van der Waals surface area contributed by atoms with E-state index in [4.69, 9.17) is 0 Å². The molecule has 3 saturated heterocycles. The molecule has 0 bridgehead atoms. The van der Waals surface area contributed by atoms with Crippen molar-refractivity contribution in [1.29, 1.82) is 0 Å². The Morgan fingerprint density at radius 2 is 1.91 bits per heavy atom. The summed E-state index contributed by atoms with van der Waals surface area (Å²) < 4.78 is 12.3. The molecule has 1 saturated carbocycles. The molecule has 4 aliphatic rings. The van der Waals surface area contributed by atoms with Crippen LogP contribution in [0.15, 0.2) is 48.8 Å². The summed E-state index contributed by atoms with van der Waals surface area (Å²) in [5.41, 5.74) is 1.55. The van der Waals surface area contributed by atoms with Gasteiger partial charge in [0.05, 0.1) is 11.0 Å². The van der Waals surface area contributed by atoms with Crippen molar-refractivity contribution in [3.8, 4) is 0 Å². The van der Waals surface area contributed by atoms with E-state index in [1.807, 2.05) is 17.2 Å². The molecule has 4 fully saturated rings. The van der Waals surface area contributed by atoms with Crippen LogP contribution in [-0.2, 0) is 20.3 Å². The average molecular weight is 651 g/mol. The fourth-order valence-electron chi connectivity index (χ4n) is 7.97. The third-order valence-electron chi connectivity index (χ3n) is 10.4. The van der Waals surface area contributed by atoms with Gasteiger partial charge in [0.15, 0.2) is 0 Å². The molecule has 3 aliphatic heterocycles. The first-order chi connectivity index (χ1) is 21.5. The Labute approximate surface area is 266 Å². The van der Waals surface area contributed by atoms with Gasteiger partial charge in [0.25, 0.3) is 5.91 Å². The molecule has 2 N–H and O–H groups in total. The molecule has 1 unspecified atom stereocenters. The predicted molar refractivity (Wildman–Crippen MR) is 171 cm³/mol. The van der Waals surface area contributed by atoms with Crippen molar-refractivity contribution in [2.45, 2.75) is 93.5 Å². The predicted octanol–water partition coefficient (Wildman–Crippen LogP) is 4.90. The molecule has 3 aromatic rings. The highest BCUT2D eigenvalue weighted by Crippen LogP contribution is 2.54. The van der Waals surface area contributed by atoms with E-state index in [-0.39, 0.29) is 41.4 Å². The van der Waals surface area contributed by atoms with Crippen molar-refractivity contribution >= 4 is 46.7 Å². The second kappa shape index (κ2) is 11.6. The number of likely N-dealkylation sites (tertiary alicyclic amines) is 1. The molecule has 1 spiro atoms. The van der Waals surface area contributed by atoms with E-state index in [9.17, 15) is 28.7 Å². The molecule has 3 amide bonds. The molecule has 4 atom stereocenters. The molecular weight excluding hydrogens is 611 g/mol. The van der Waals surface area contributed by atoms with Gasteiger partial charge < -0.3 is 24.5 Å². The van der Waals surface area contributed by atoms with Crippen molar-refractivity contribution in [2.24, 2.45) is 0 Å². The Morgan fingerprint density at radius 3 is 2.64 bits per heavy atom. The molecular formula is C33H39N4O6PS. The van der Waals surface area contributed by atoms with Crippen LogP contribution < -0.4 is 0 Å². The van der Waals surface area contributed by atoms with Gasteiger partial charge in [0.2, 0.25) is 11.8 Å². The van der Waals surface area contributed by atoms with Crippen LogP contribution in [0.2, 0.25) is 0 Å². The number of rotatable bonds is 6. The number of aromatic nitrogens is 1. The zero-order chi connectivity index (χ0) is 31.5. The van der Waals surface area contributed by atoms with Gasteiger partial charge in [0.1, 0.15) is 12.1 Å². The van der Waals surface area contributed by atoms with Crippen LogP contribution in [0.25, 0.3) is 10.1 Å². The standard InChI is InChI=1S/C33H39N4O6PS/c1-35(32(40)29-16-23-15-21(20-44(41,42)43)8-11-28(23)45-29)26-7-3-2-6-25-9-10-27(37(25)31(26)39)30(38)36-19-24(17-33(36)12-13-33)22-5-4-14-34-18-22/h4-5,8,11,14-16,18,24-27H,2-3,6-7,9-10,12-13,17,19-20H2,1H3,(H2,41,42,43)/t24-,25-,26?,27-/m0/s1. The van der Waals surface area contributed by atoms with Crippen LogP contribution in [0.3, 0.4) is 0 Å². The molecule has 1 aliphatic carbocycles. The quantitative estimate of drug-likeness (QED) is 0.363. The van der Waals surface area contributed by atoms with E-state index in [1.165, 1.54) is 11.3 Å². The van der Waals surface area contributed by atoms with Crippen LogP contribution in [0.4, 0.5) is 0 Å². The highest BCUT2D eigenvalue weighted by Gasteiger charge is 2.58. The normalized spacial score (nSPS) is 26.2. The lowest BCUT2D eigenvalue weighted by molar-refractivity contribution is -0.149. The SMILES string of the molecule is CN(C(=O)c1cc2cc(CP(=O)(O)O)ccc2s1)C1CCCC[C@H]2CC[C@@H](C(=O)N3C[C@@H](c4cccnc4)CC34CC4)N2C1=O. The first kappa shape index (κ1) is 30.5. The minimum absolute atomic E-state index is 0.00130. The lowest BCUT2D eigenvalue weighted by atomic mass is 9.97. The Hall–Kier alpha value is -3.11. The van der Waals surface area contributed by atoms with Gasteiger partial charge in [-0.15, -0.1) is 11.3 Å². The fourth-order valence-corrected chi connectivity index (χ4v) is 9.67. The minimum atomic E-state index is -4.22. The number of carbonyl (C=O) groups is 3. The Kier molecular flexibility index (Phi) is 7.87. The third kappa shape index (κ3) is 5.84. The number of hydrogen-bond acceptors (Lipinski definition) is 6. The second-order valence-corrected chi connectivity index (χ2v) is 16.1. The number of nitrogens with zero attached hydrogens (tertiary/aromatic N) is 4. The van der Waals surface area contributed by atoms with Gasteiger partial charge >= 0.3 is 7.60 Å². The van der Waals surface area contributed by atoms with Crippen molar-refractivity contribution in [1.82, 2.24) is 19.7 Å². The van der Waals surface area contributed by atoms with Crippen LogP contribution in [0.1, 0.15) is 84.5 Å². The maximum absolute atomic E-state index is 14.4. The summed E-state index contributed by atoms with van der Waals surface area (Å²) in [5.74, 6) is -0.0971. The van der Waals surface area contributed by atoms with Crippen LogP contribution in [0.5, 0.6) is 0 Å². The number of likely N-dealkylation sites (N-methyl/N-ethyl adjacent to an activating group) is 1. The van der Waals surface area contributed by atoms with Crippen molar-refractivity contribution in [2.75, 3.05) is 13.6 Å². The van der Waals surface area contributed by atoms with Gasteiger partial charge in [-0.3, -0.25) is 23.9 Å². The van der Waals surface area contributed by atoms with Crippen LogP contribution in [0, 0.1) is 0 Å². The topological polar surface area (TPSA) is 131 Å².